The molecule has 0 aliphatic rings. The summed E-state index contributed by atoms with van der Waals surface area (Å²) in [7, 11) is 1.61. The Bertz CT molecular complexity index is 781. The molecule has 1 aromatic carbocycles. The predicted molar refractivity (Wildman–Crippen MR) is 74.6 cm³/mol. The molecule has 7 heteroatoms. The van der Waals surface area contributed by atoms with Crippen LogP contribution in [-0.2, 0) is 0 Å². The molecule has 0 spiro atoms. The lowest BCUT2D eigenvalue weighted by Crippen LogP contribution is -2.26. The quantitative estimate of drug-likeness (QED) is 0.762. The van der Waals surface area contributed by atoms with Crippen LogP contribution in [0.25, 0.3) is 10.9 Å². The highest BCUT2D eigenvalue weighted by molar-refractivity contribution is 6.31. The standard InChI is InChI=1S/C13H10ClFN4O/c1-19(8-5-16-17-6-8)13(20)10-4-7-2-3-9(14)11(15)12(7)18-10/h2-6,18H,1H3,(H,16,17). The molecule has 2 heterocycles. The molecule has 0 fully saturated rings. The van der Waals surface area contributed by atoms with Crippen molar-refractivity contribution in [1.82, 2.24) is 15.2 Å². The second kappa shape index (κ2) is 4.64. The average molecular weight is 293 g/mol. The third kappa shape index (κ3) is 1.94. The van der Waals surface area contributed by atoms with E-state index in [1.54, 1.807) is 25.4 Å². The van der Waals surface area contributed by atoms with E-state index >= 15 is 0 Å². The summed E-state index contributed by atoms with van der Waals surface area (Å²) in [6.45, 7) is 0. The van der Waals surface area contributed by atoms with Gasteiger partial charge in [0.2, 0.25) is 0 Å². The molecule has 0 radical (unpaired) electrons. The summed E-state index contributed by atoms with van der Waals surface area (Å²) in [6.07, 6.45) is 3.12. The third-order valence-electron chi connectivity index (χ3n) is 3.09. The number of hydrogen-bond donors (Lipinski definition) is 2. The SMILES string of the molecule is CN(C(=O)c1cc2ccc(Cl)c(F)c2[nH]1)c1cn[nH]c1. The molecule has 0 atom stereocenters. The van der Waals surface area contributed by atoms with Gasteiger partial charge in [-0.1, -0.05) is 17.7 Å². The van der Waals surface area contributed by atoms with Crippen molar-refractivity contribution in [2.24, 2.45) is 0 Å². The highest BCUT2D eigenvalue weighted by Gasteiger charge is 2.18. The van der Waals surface area contributed by atoms with E-state index in [-0.39, 0.29) is 22.1 Å². The van der Waals surface area contributed by atoms with Crippen LogP contribution in [0.5, 0.6) is 0 Å². The summed E-state index contributed by atoms with van der Waals surface area (Å²) in [4.78, 5) is 16.5. The van der Waals surface area contributed by atoms with Gasteiger partial charge < -0.3 is 9.88 Å². The van der Waals surface area contributed by atoms with Gasteiger partial charge in [-0.25, -0.2) is 4.39 Å². The maximum absolute atomic E-state index is 13.8. The van der Waals surface area contributed by atoms with Crippen molar-refractivity contribution in [2.75, 3.05) is 11.9 Å². The molecule has 0 bridgehead atoms. The largest absolute Gasteiger partial charge is 0.348 e. The van der Waals surface area contributed by atoms with Crippen LogP contribution in [-0.4, -0.2) is 28.1 Å². The number of anilines is 1. The Labute approximate surface area is 118 Å². The van der Waals surface area contributed by atoms with Crippen molar-refractivity contribution < 1.29 is 9.18 Å². The highest BCUT2D eigenvalue weighted by Crippen LogP contribution is 2.25. The van der Waals surface area contributed by atoms with Crippen LogP contribution in [0, 0.1) is 5.82 Å². The molecule has 1 amide bonds. The summed E-state index contributed by atoms with van der Waals surface area (Å²) in [5.74, 6) is -0.854. The normalized spacial score (nSPS) is 10.9. The zero-order valence-corrected chi connectivity index (χ0v) is 11.2. The van der Waals surface area contributed by atoms with E-state index in [0.29, 0.717) is 11.1 Å². The van der Waals surface area contributed by atoms with Gasteiger partial charge >= 0.3 is 0 Å². The van der Waals surface area contributed by atoms with E-state index in [0.717, 1.165) is 0 Å². The summed E-state index contributed by atoms with van der Waals surface area (Å²) < 4.78 is 13.8. The maximum Gasteiger partial charge on any atom is 0.274 e. The van der Waals surface area contributed by atoms with Gasteiger partial charge in [0.15, 0.2) is 5.82 Å². The molecule has 0 aliphatic heterocycles. The van der Waals surface area contributed by atoms with Gasteiger partial charge in [-0.3, -0.25) is 9.89 Å². The van der Waals surface area contributed by atoms with E-state index < -0.39 is 5.82 Å². The number of amides is 1. The number of carbonyl (C=O) groups excluding carboxylic acids is 1. The molecule has 102 valence electrons. The first-order valence-corrected chi connectivity index (χ1v) is 6.19. The Morgan fingerprint density at radius 2 is 2.25 bits per heavy atom. The number of halogens is 2. The topological polar surface area (TPSA) is 64.8 Å². The monoisotopic (exact) mass is 292 g/mol. The van der Waals surface area contributed by atoms with Crippen LogP contribution in [0.1, 0.15) is 10.5 Å². The molecule has 0 saturated heterocycles. The number of carbonyl (C=O) groups is 1. The summed E-state index contributed by atoms with van der Waals surface area (Å²) in [5.41, 5.74) is 1.12. The molecule has 0 aliphatic carbocycles. The van der Waals surface area contributed by atoms with Crippen molar-refractivity contribution >= 4 is 34.1 Å². The van der Waals surface area contributed by atoms with E-state index in [1.807, 2.05) is 0 Å². The molecule has 2 N–H and O–H groups in total. The second-order valence-corrected chi connectivity index (χ2v) is 4.74. The van der Waals surface area contributed by atoms with E-state index in [1.165, 1.54) is 17.2 Å². The van der Waals surface area contributed by atoms with Crippen molar-refractivity contribution in [3.8, 4) is 0 Å². The predicted octanol–water partition coefficient (Wildman–Crippen LogP) is 2.96. The molecule has 3 rings (SSSR count). The van der Waals surface area contributed by atoms with Gasteiger partial charge in [0.25, 0.3) is 5.91 Å². The molecular weight excluding hydrogens is 283 g/mol. The Morgan fingerprint density at radius 3 is 2.95 bits per heavy atom. The number of aromatic nitrogens is 3. The summed E-state index contributed by atoms with van der Waals surface area (Å²) in [5, 5.41) is 7.02. The van der Waals surface area contributed by atoms with E-state index in [9.17, 15) is 9.18 Å². The zero-order chi connectivity index (χ0) is 14.3. The lowest BCUT2D eigenvalue weighted by molar-refractivity contribution is 0.0989. The molecule has 3 aromatic rings. The van der Waals surface area contributed by atoms with Crippen LogP contribution in [0.15, 0.2) is 30.6 Å². The summed E-state index contributed by atoms with van der Waals surface area (Å²) in [6, 6.07) is 4.71. The fourth-order valence-electron chi connectivity index (χ4n) is 1.98. The third-order valence-corrected chi connectivity index (χ3v) is 3.38. The number of fused-ring (bicyclic) bond motifs is 1. The highest BCUT2D eigenvalue weighted by atomic mass is 35.5. The van der Waals surface area contributed by atoms with Gasteiger partial charge in [0.1, 0.15) is 5.69 Å². The summed E-state index contributed by atoms with van der Waals surface area (Å²) >= 11 is 5.72. The van der Waals surface area contributed by atoms with Gasteiger partial charge in [0, 0.05) is 18.6 Å². The van der Waals surface area contributed by atoms with Gasteiger partial charge in [-0.2, -0.15) is 5.10 Å². The molecule has 0 saturated carbocycles. The van der Waals surface area contributed by atoms with Crippen LogP contribution in [0.3, 0.4) is 0 Å². The fraction of sp³-hybridized carbons (Fsp3) is 0.0769. The van der Waals surface area contributed by atoms with Crippen LogP contribution in [0.2, 0.25) is 5.02 Å². The Balaban J connectivity index is 2.02. The zero-order valence-electron chi connectivity index (χ0n) is 10.4. The Kier molecular flexibility index (Phi) is 2.94. The second-order valence-electron chi connectivity index (χ2n) is 4.33. The molecule has 20 heavy (non-hydrogen) atoms. The number of H-pyrrole nitrogens is 2. The van der Waals surface area contributed by atoms with Crippen molar-refractivity contribution in [2.45, 2.75) is 0 Å². The van der Waals surface area contributed by atoms with E-state index in [2.05, 4.69) is 15.2 Å². The molecular formula is C13H10ClFN4O. The maximum atomic E-state index is 13.8. The van der Waals surface area contributed by atoms with Crippen LogP contribution < -0.4 is 4.90 Å². The van der Waals surface area contributed by atoms with Gasteiger partial charge in [-0.05, 0) is 12.1 Å². The van der Waals surface area contributed by atoms with Crippen molar-refractivity contribution in [3.63, 3.8) is 0 Å². The van der Waals surface area contributed by atoms with Crippen LogP contribution >= 0.6 is 11.6 Å². The number of aromatic amines is 2. The molecule has 5 nitrogen and oxygen atoms in total. The van der Waals surface area contributed by atoms with Crippen molar-refractivity contribution in [3.05, 3.63) is 47.1 Å². The number of nitrogens with zero attached hydrogens (tertiary/aromatic N) is 2. The van der Waals surface area contributed by atoms with Gasteiger partial charge in [-0.15, -0.1) is 0 Å². The molecule has 2 aromatic heterocycles. The smallest absolute Gasteiger partial charge is 0.274 e. The minimum absolute atomic E-state index is 0.0153. The lowest BCUT2D eigenvalue weighted by atomic mass is 10.2. The minimum Gasteiger partial charge on any atom is -0.348 e. The molecule has 0 unspecified atom stereocenters. The fourth-order valence-corrected chi connectivity index (χ4v) is 2.14. The number of rotatable bonds is 2. The first kappa shape index (κ1) is 12.7. The Morgan fingerprint density at radius 1 is 1.45 bits per heavy atom. The van der Waals surface area contributed by atoms with Gasteiger partial charge in [0.05, 0.1) is 22.4 Å². The number of benzene rings is 1. The first-order chi connectivity index (χ1) is 9.58. The Hall–Kier alpha value is -2.34. The minimum atomic E-state index is -0.561. The number of hydrogen-bond acceptors (Lipinski definition) is 2. The van der Waals surface area contributed by atoms with Crippen molar-refractivity contribution in [1.29, 1.82) is 0 Å². The average Bonchev–Trinajstić information content (AvgIpc) is 3.10. The lowest BCUT2D eigenvalue weighted by Gasteiger charge is -2.13. The van der Waals surface area contributed by atoms with Crippen LogP contribution in [0.4, 0.5) is 10.1 Å². The van der Waals surface area contributed by atoms with E-state index in [4.69, 9.17) is 11.6 Å². The first-order valence-electron chi connectivity index (χ1n) is 5.81. The number of nitrogens with one attached hydrogen (secondary N) is 2.